The molecule has 2 fully saturated rings. The van der Waals surface area contributed by atoms with Crippen molar-refractivity contribution < 1.29 is 64.6 Å². The molecule has 2 aliphatic heterocycles. The summed E-state index contributed by atoms with van der Waals surface area (Å²) in [4.78, 5) is 61.8. The number of Topliss-reactive ketones (excluding diaryl/α,β-unsaturated/α-hetero) is 3. The van der Waals surface area contributed by atoms with E-state index in [1.807, 2.05) is 169 Å². The van der Waals surface area contributed by atoms with Crippen molar-refractivity contribution >= 4 is 85.7 Å². The van der Waals surface area contributed by atoms with E-state index in [1.54, 1.807) is 105 Å². The second-order valence-electron chi connectivity index (χ2n) is 22.1. The van der Waals surface area contributed by atoms with Crippen molar-refractivity contribution in [3.63, 3.8) is 0 Å². The van der Waals surface area contributed by atoms with Crippen molar-refractivity contribution in [2.75, 3.05) is 45.0 Å². The number of ether oxygens (including phenoxy) is 3. The molecule has 1 unspecified atom stereocenters. The maximum absolute atomic E-state index is 12.3. The Morgan fingerprint density at radius 3 is 1.23 bits per heavy atom. The molecular formula is C77H112Cl2MnN12O11S4. The third-order valence-corrected chi connectivity index (χ3v) is 18.5. The molecule has 4 aromatic carbocycles. The van der Waals surface area contributed by atoms with E-state index in [4.69, 9.17) is 45.1 Å². The number of hydrogen-bond donors (Lipinski definition) is 1. The van der Waals surface area contributed by atoms with Gasteiger partial charge in [-0.05, 0) is 101 Å². The van der Waals surface area contributed by atoms with Crippen molar-refractivity contribution in [2.45, 2.75) is 168 Å². The van der Waals surface area contributed by atoms with E-state index in [9.17, 15) is 27.9 Å². The Morgan fingerprint density at radius 1 is 0.551 bits per heavy atom. The standard InChI is InChI=1S/C12H12N2O3S.C12H14N2OS.C12H12N2OS.C10H10N2S.C9H14N2O.C4H6N2.2C4H8O.C4H10O.C3H8.CH2Cl2.2CH4.Mn.2O/c1-9(15)11-8-13-12(14(11)2)18(16,17)10-6-4-3-5-7-10;2*1-9(15)11-8-13-12(14(11)2)16-10-6-4-3-5-7-10;1-12-8-7-11-10(12)13-9-5-3-2-4-6-9;1-4-5-9-10-6-8(7(2)12)11(9)3;1-6-3-2-5-4-6;2*1-2-4-5-3-1;1-3-5-4-2;1-3-2;2-1-3;;;;;/h3-8H,1-2H3;3-9,15H,1-2H3;3-8H,1-2H3;2-8H,1H3;6H,4-5H2,1-3H3;2-4H,1H3;2*1-4H2;3-4H2,1-2H3;3H2,1-2H3;1H2;2*1H4;;;. The van der Waals surface area contributed by atoms with Crippen LogP contribution in [-0.2, 0) is 95.2 Å². The summed E-state index contributed by atoms with van der Waals surface area (Å²) >= 11 is 12.9. The molecule has 0 spiro atoms. The van der Waals surface area contributed by atoms with Gasteiger partial charge in [-0.3, -0.25) is 14.4 Å². The first-order valence-electron chi connectivity index (χ1n) is 33.8. The van der Waals surface area contributed by atoms with E-state index in [1.165, 1.54) is 73.9 Å². The van der Waals surface area contributed by atoms with E-state index in [-0.39, 0.29) is 53.3 Å². The Hall–Kier alpha value is -7.31. The van der Waals surface area contributed by atoms with Crippen LogP contribution in [0.4, 0.5) is 0 Å². The molecular weight excluding hydrogens is 1520 g/mol. The number of rotatable bonds is 16. The molecule has 0 bridgehead atoms. The van der Waals surface area contributed by atoms with Gasteiger partial charge in [0.2, 0.25) is 15.0 Å². The summed E-state index contributed by atoms with van der Waals surface area (Å²) in [5, 5.41) is 12.3. The van der Waals surface area contributed by atoms with Gasteiger partial charge in [0.1, 0.15) is 22.9 Å². The SMILES string of the molecule is C.C.C1CCOC1.C1CCOC1.CC(=O)c1cnc(S(=O)(=O)c2ccccc2)n1C.CC(=O)c1cnc(Sc2ccccc2)n1C.CC(O)c1cnc(Sc2ccccc2)n1C.CCC.CCCc1ncc(C(C)=O)n1C.CCOCC.ClCCl.Cn1ccnc1.Cn1ccnc1Sc1ccccc1.[O]=[Mn]=[O]. The van der Waals surface area contributed by atoms with Gasteiger partial charge in [-0.2, -0.15) is 0 Å². The molecule has 1 atom stereocenters. The number of sulfone groups is 1. The van der Waals surface area contributed by atoms with Crippen LogP contribution >= 0.6 is 58.5 Å². The molecule has 0 radical (unpaired) electrons. The zero-order chi connectivity index (χ0) is 78.4. The number of aliphatic hydroxyl groups excluding tert-OH is 1. The summed E-state index contributed by atoms with van der Waals surface area (Å²) in [7, 11) is 7.42. The van der Waals surface area contributed by atoms with E-state index in [0.29, 0.717) is 11.4 Å². The third kappa shape index (κ3) is 41.7. The number of benzene rings is 4. The van der Waals surface area contributed by atoms with E-state index >= 15 is 0 Å². The van der Waals surface area contributed by atoms with Crippen LogP contribution in [0.2, 0.25) is 0 Å². The van der Waals surface area contributed by atoms with Gasteiger partial charge >= 0.3 is 22.5 Å². The molecule has 1 N–H and O–H groups in total. The summed E-state index contributed by atoms with van der Waals surface area (Å²) in [5.41, 5.74) is 2.43. The topological polar surface area (TPSA) is 274 Å². The van der Waals surface area contributed by atoms with Crippen molar-refractivity contribution in [2.24, 2.45) is 42.3 Å². The number of aryl methyl sites for hydroxylation is 3. The minimum atomic E-state index is -3.68. The molecule has 2 saturated heterocycles. The van der Waals surface area contributed by atoms with Crippen molar-refractivity contribution in [3.05, 3.63) is 206 Å². The Morgan fingerprint density at radius 2 is 0.935 bits per heavy atom. The first kappa shape index (κ1) is 102. The molecule has 0 aliphatic carbocycles. The monoisotopic (exact) mass is 1630 g/mol. The number of carbonyl (C=O) groups is 3. The van der Waals surface area contributed by atoms with Crippen LogP contribution in [0.3, 0.4) is 0 Å². The van der Waals surface area contributed by atoms with Gasteiger partial charge in [0.15, 0.2) is 32.8 Å². The molecule has 30 heteroatoms. The number of nitrogens with zero attached hydrogens (tertiary/aromatic N) is 12. The minimum absolute atomic E-state index is 0. The number of imidazole rings is 6. The first-order chi connectivity index (χ1) is 50.4. The summed E-state index contributed by atoms with van der Waals surface area (Å²) in [6.45, 7) is 22.2. The van der Waals surface area contributed by atoms with E-state index in [0.717, 1.165) is 89.3 Å². The number of hydrogen-bond acceptors (Lipinski definition) is 20. The Kier molecular flexibility index (Phi) is 58.5. The second kappa shape index (κ2) is 61.6. The van der Waals surface area contributed by atoms with Crippen LogP contribution in [-0.4, -0.2) is 133 Å². The van der Waals surface area contributed by atoms with Gasteiger partial charge in [0.05, 0.1) is 53.1 Å². The molecule has 591 valence electrons. The average Bonchev–Trinajstić information content (AvgIpc) is 1.51. The van der Waals surface area contributed by atoms with Gasteiger partial charge in [0, 0.05) is 149 Å². The van der Waals surface area contributed by atoms with Crippen molar-refractivity contribution in [1.82, 2.24) is 57.3 Å². The third-order valence-electron chi connectivity index (χ3n) is 13.6. The van der Waals surface area contributed by atoms with Gasteiger partial charge in [-0.25, -0.2) is 38.3 Å². The predicted octanol–water partition coefficient (Wildman–Crippen LogP) is 17.9. The molecule has 8 heterocycles. The van der Waals surface area contributed by atoms with Crippen LogP contribution in [0, 0.1) is 0 Å². The number of ketones is 3. The molecule has 12 rings (SSSR count). The normalized spacial score (nSPS) is 11.3. The fraction of sp³-hybridized carbons (Fsp3) is 0.416. The zero-order valence-corrected chi connectivity index (χ0v) is 68.8. The van der Waals surface area contributed by atoms with Gasteiger partial charge in [-0.1, -0.05) is 150 Å². The Bertz CT molecular complexity index is 4030. The summed E-state index contributed by atoms with van der Waals surface area (Å²) in [5.74, 6) is 0.879. The quantitative estimate of drug-likeness (QED) is 0.0534. The number of aliphatic hydroxyl groups is 1. The van der Waals surface area contributed by atoms with Crippen LogP contribution in [0.1, 0.15) is 165 Å². The van der Waals surface area contributed by atoms with Crippen LogP contribution < -0.4 is 0 Å². The summed E-state index contributed by atoms with van der Waals surface area (Å²) in [6.07, 6.45) is 23.3. The maximum atomic E-state index is 12.3. The molecule has 107 heavy (non-hydrogen) atoms. The van der Waals surface area contributed by atoms with Crippen LogP contribution in [0.25, 0.3) is 0 Å². The molecule has 2 aliphatic rings. The molecule has 6 aromatic heterocycles. The average molecular weight is 1640 g/mol. The number of aromatic nitrogens is 12. The summed E-state index contributed by atoms with van der Waals surface area (Å²) < 4.78 is 66.9. The number of alkyl halides is 2. The Labute approximate surface area is 664 Å². The van der Waals surface area contributed by atoms with Gasteiger partial charge < -0.3 is 46.7 Å². The van der Waals surface area contributed by atoms with Crippen molar-refractivity contribution in [1.29, 1.82) is 0 Å². The van der Waals surface area contributed by atoms with E-state index in [2.05, 4.69) is 62.8 Å². The zero-order valence-electron chi connectivity index (χ0n) is 62.9. The number of halogens is 2. The molecule has 23 nitrogen and oxygen atoms in total. The first-order valence-corrected chi connectivity index (χ1v) is 39.7. The molecule has 0 saturated carbocycles. The van der Waals surface area contributed by atoms with Crippen LogP contribution in [0.15, 0.2) is 217 Å². The fourth-order valence-corrected chi connectivity index (χ4v) is 12.3. The van der Waals surface area contributed by atoms with Crippen molar-refractivity contribution in [3.8, 4) is 0 Å². The molecule has 10 aromatic rings. The number of carbonyl (C=O) groups excluding carboxylic acids is 3. The van der Waals surface area contributed by atoms with Gasteiger partial charge in [-0.15, -0.1) is 23.2 Å². The summed E-state index contributed by atoms with van der Waals surface area (Å²) in [6, 6.07) is 38.3. The van der Waals surface area contributed by atoms with Crippen LogP contribution in [0.5, 0.6) is 0 Å². The second-order valence-corrected chi connectivity index (χ2v) is 28.1. The molecule has 0 amide bonds. The van der Waals surface area contributed by atoms with Gasteiger partial charge in [0.25, 0.3) is 0 Å². The Balaban J connectivity index is 0. The fourth-order valence-electron chi connectivity index (χ4n) is 8.39. The predicted molar refractivity (Wildman–Crippen MR) is 427 cm³/mol. The van der Waals surface area contributed by atoms with E-state index < -0.39 is 30.8 Å².